The van der Waals surface area contributed by atoms with E-state index in [1.165, 1.54) is 6.20 Å². The van der Waals surface area contributed by atoms with E-state index in [0.717, 1.165) is 16.9 Å². The Hall–Kier alpha value is -0.880. The second kappa shape index (κ2) is 7.34. The number of rotatable bonds is 5. The van der Waals surface area contributed by atoms with E-state index in [1.54, 1.807) is 23.9 Å². The second-order valence-electron chi connectivity index (χ2n) is 5.50. The summed E-state index contributed by atoms with van der Waals surface area (Å²) < 4.78 is 1.25. The number of hydrogen-bond acceptors (Lipinski definition) is 4. The molecule has 124 valence electrons. The molecule has 8 heteroatoms. The van der Waals surface area contributed by atoms with E-state index in [4.69, 9.17) is 34.8 Å². The van der Waals surface area contributed by atoms with E-state index in [1.807, 2.05) is 6.07 Å². The van der Waals surface area contributed by atoms with Crippen LogP contribution in [-0.2, 0) is 0 Å². The molecule has 2 rings (SSSR count). The fraction of sp³-hybridized carbons (Fsp3) is 0.333. The average molecular weight is 393 g/mol. The lowest BCUT2D eigenvalue weighted by Gasteiger charge is -2.23. The zero-order chi connectivity index (χ0) is 17.2. The minimum absolute atomic E-state index is 0.0679. The Morgan fingerprint density at radius 1 is 1.26 bits per heavy atom. The first kappa shape index (κ1) is 18.5. The monoisotopic (exact) mass is 391 g/mol. The summed E-state index contributed by atoms with van der Waals surface area (Å²) in [4.78, 5) is 12.1. The van der Waals surface area contributed by atoms with Crippen LogP contribution >= 0.6 is 46.6 Å². The molecule has 0 bridgehead atoms. The highest BCUT2D eigenvalue weighted by atomic mass is 35.5. The number of nitrogens with one attached hydrogen (secondary N) is 1. The Morgan fingerprint density at radius 3 is 2.57 bits per heavy atom. The van der Waals surface area contributed by atoms with Crippen LogP contribution in [-0.4, -0.2) is 27.3 Å². The van der Waals surface area contributed by atoms with Gasteiger partial charge in [0.1, 0.15) is 5.02 Å². The van der Waals surface area contributed by atoms with Gasteiger partial charge in [0.25, 0.3) is 5.56 Å². The summed E-state index contributed by atoms with van der Waals surface area (Å²) in [5.41, 5.74) is 0.832. The number of anilines is 1. The van der Waals surface area contributed by atoms with E-state index in [2.05, 4.69) is 30.5 Å². The molecular weight excluding hydrogens is 377 g/mol. The average Bonchev–Trinajstić information content (AvgIpc) is 2.51. The smallest absolute Gasteiger partial charge is 0.291 e. The molecule has 2 aromatic rings. The van der Waals surface area contributed by atoms with Crippen LogP contribution in [0.4, 0.5) is 5.69 Å². The van der Waals surface area contributed by atoms with E-state index < -0.39 is 5.56 Å². The Morgan fingerprint density at radius 2 is 1.96 bits per heavy atom. The summed E-state index contributed by atoms with van der Waals surface area (Å²) in [5.74, 6) is 0. The first-order chi connectivity index (χ1) is 10.7. The first-order valence-electron chi connectivity index (χ1n) is 6.77. The molecule has 1 N–H and O–H groups in total. The number of halogens is 3. The van der Waals surface area contributed by atoms with Crippen LogP contribution in [0, 0.1) is 0 Å². The van der Waals surface area contributed by atoms with Gasteiger partial charge in [0, 0.05) is 11.3 Å². The molecule has 0 unspecified atom stereocenters. The molecule has 0 aliphatic rings. The number of thioether (sulfide) groups is 1. The zero-order valence-electron chi connectivity index (χ0n) is 12.9. The van der Waals surface area contributed by atoms with Crippen LogP contribution < -0.4 is 10.9 Å². The van der Waals surface area contributed by atoms with Crippen molar-refractivity contribution in [3.05, 3.63) is 49.8 Å². The van der Waals surface area contributed by atoms with Gasteiger partial charge in [0.15, 0.2) is 0 Å². The molecule has 4 nitrogen and oxygen atoms in total. The highest BCUT2D eigenvalue weighted by molar-refractivity contribution is 7.99. The molecule has 0 radical (unpaired) electrons. The molecule has 1 aromatic heterocycles. The van der Waals surface area contributed by atoms with Crippen LogP contribution in [0.1, 0.15) is 13.8 Å². The van der Waals surface area contributed by atoms with Gasteiger partial charge < -0.3 is 5.32 Å². The minimum Gasteiger partial charge on any atom is -0.382 e. The van der Waals surface area contributed by atoms with E-state index in [0.29, 0.717) is 10.7 Å². The summed E-state index contributed by atoms with van der Waals surface area (Å²) in [6.07, 6.45) is 3.39. The van der Waals surface area contributed by atoms with Crippen LogP contribution in [0.2, 0.25) is 15.1 Å². The van der Waals surface area contributed by atoms with Crippen molar-refractivity contribution < 1.29 is 0 Å². The van der Waals surface area contributed by atoms with Gasteiger partial charge in [-0.05, 0) is 38.3 Å². The van der Waals surface area contributed by atoms with Gasteiger partial charge in [-0.15, -0.1) is 0 Å². The zero-order valence-corrected chi connectivity index (χ0v) is 15.9. The van der Waals surface area contributed by atoms with Gasteiger partial charge in [-0.1, -0.05) is 34.8 Å². The highest BCUT2D eigenvalue weighted by Gasteiger charge is 2.16. The molecule has 1 aromatic carbocycles. The number of aromatic nitrogens is 2. The summed E-state index contributed by atoms with van der Waals surface area (Å²) in [7, 11) is 0. The predicted molar refractivity (Wildman–Crippen MR) is 101 cm³/mol. The van der Waals surface area contributed by atoms with Crippen LogP contribution in [0.25, 0.3) is 5.69 Å². The number of nitrogens with zero attached hydrogens (tertiary/aromatic N) is 2. The van der Waals surface area contributed by atoms with Crippen molar-refractivity contribution in [2.75, 3.05) is 18.1 Å². The van der Waals surface area contributed by atoms with Crippen LogP contribution in [0.5, 0.6) is 0 Å². The Kier molecular flexibility index (Phi) is 5.89. The van der Waals surface area contributed by atoms with E-state index in [9.17, 15) is 4.79 Å². The molecule has 0 fully saturated rings. The normalized spacial score (nSPS) is 11.6. The van der Waals surface area contributed by atoms with Crippen molar-refractivity contribution in [2.24, 2.45) is 0 Å². The van der Waals surface area contributed by atoms with Gasteiger partial charge in [-0.25, -0.2) is 0 Å². The topological polar surface area (TPSA) is 46.9 Å². The quantitative estimate of drug-likeness (QED) is 0.798. The second-order valence-corrected chi connectivity index (χ2v) is 8.21. The Balaban J connectivity index is 2.30. The largest absolute Gasteiger partial charge is 0.382 e. The lowest BCUT2D eigenvalue weighted by Crippen LogP contribution is -2.26. The highest BCUT2D eigenvalue weighted by Crippen LogP contribution is 2.27. The SMILES string of the molecule is CSC(C)(C)CNc1ccc(-n2ncc(Cl)c(Cl)c2=O)cc1Cl. The van der Waals surface area contributed by atoms with Gasteiger partial charge in [-0.2, -0.15) is 21.5 Å². The Labute approximate surface area is 154 Å². The van der Waals surface area contributed by atoms with Crippen LogP contribution in [0.15, 0.2) is 29.2 Å². The minimum atomic E-state index is -0.487. The molecule has 0 saturated heterocycles. The van der Waals surface area contributed by atoms with Gasteiger partial charge >= 0.3 is 0 Å². The molecule has 0 aliphatic carbocycles. The Bertz CT molecular complexity index is 777. The third-order valence-corrected chi connectivity index (χ3v) is 5.64. The van der Waals surface area contributed by atoms with Crippen molar-refractivity contribution in [2.45, 2.75) is 18.6 Å². The molecule has 0 atom stereocenters. The molecule has 0 amide bonds. The maximum absolute atomic E-state index is 12.1. The first-order valence-corrected chi connectivity index (χ1v) is 9.13. The fourth-order valence-corrected chi connectivity index (χ4v) is 2.47. The third-order valence-electron chi connectivity index (χ3n) is 3.33. The fourth-order valence-electron chi connectivity index (χ4n) is 1.76. The van der Waals surface area contributed by atoms with Crippen molar-refractivity contribution in [1.82, 2.24) is 9.78 Å². The van der Waals surface area contributed by atoms with Gasteiger partial charge in [0.2, 0.25) is 0 Å². The molecular formula is C15H16Cl3N3OS. The summed E-state index contributed by atoms with van der Waals surface area (Å²) in [5, 5.41) is 7.85. The summed E-state index contributed by atoms with van der Waals surface area (Å²) in [6.45, 7) is 5.05. The van der Waals surface area contributed by atoms with E-state index in [-0.39, 0.29) is 14.8 Å². The van der Waals surface area contributed by atoms with E-state index >= 15 is 0 Å². The maximum Gasteiger partial charge on any atom is 0.291 e. The van der Waals surface area contributed by atoms with Crippen molar-refractivity contribution >= 4 is 52.3 Å². The van der Waals surface area contributed by atoms with Crippen molar-refractivity contribution in [1.29, 1.82) is 0 Å². The van der Waals surface area contributed by atoms with Crippen molar-refractivity contribution in [3.8, 4) is 5.69 Å². The molecule has 1 heterocycles. The summed E-state index contributed by atoms with van der Waals surface area (Å²) in [6, 6.07) is 5.22. The molecule has 0 spiro atoms. The number of hydrogen-bond donors (Lipinski definition) is 1. The summed E-state index contributed by atoms with van der Waals surface area (Å²) >= 11 is 19.7. The standard InChI is InChI=1S/C15H16Cl3N3OS/c1-15(2,23-3)8-19-12-5-4-9(6-10(12)16)21-14(22)13(18)11(17)7-20-21/h4-7,19H,8H2,1-3H3. The number of benzene rings is 1. The molecule has 0 aliphatic heterocycles. The maximum atomic E-state index is 12.1. The van der Waals surface area contributed by atoms with Crippen molar-refractivity contribution in [3.63, 3.8) is 0 Å². The third kappa shape index (κ3) is 4.35. The van der Waals surface area contributed by atoms with Gasteiger partial charge in [0.05, 0.1) is 27.6 Å². The lowest BCUT2D eigenvalue weighted by molar-refractivity contribution is 0.752. The molecule has 0 saturated carbocycles. The predicted octanol–water partition coefficient (Wildman–Crippen LogP) is 4.75. The van der Waals surface area contributed by atoms with Gasteiger partial charge in [-0.3, -0.25) is 4.79 Å². The lowest BCUT2D eigenvalue weighted by atomic mass is 10.2. The van der Waals surface area contributed by atoms with Crippen LogP contribution in [0.3, 0.4) is 0 Å². The molecule has 23 heavy (non-hydrogen) atoms.